The van der Waals surface area contributed by atoms with Crippen molar-refractivity contribution in [2.45, 2.75) is 34.1 Å². The van der Waals surface area contributed by atoms with Crippen molar-refractivity contribution in [3.63, 3.8) is 0 Å². The maximum absolute atomic E-state index is 13.0. The average Bonchev–Trinajstić information content (AvgIpc) is 3.44. The number of imidazole rings is 1. The fourth-order valence-electron chi connectivity index (χ4n) is 4.69. The highest BCUT2D eigenvalue weighted by molar-refractivity contribution is 6.32. The van der Waals surface area contributed by atoms with Gasteiger partial charge in [0.25, 0.3) is 0 Å². The smallest absolute Gasteiger partial charge is 0.312 e. The van der Waals surface area contributed by atoms with E-state index in [0.29, 0.717) is 0 Å². The molecule has 5 rings (SSSR count). The molecule has 0 atom stereocenters. The lowest BCUT2D eigenvalue weighted by molar-refractivity contribution is 0.726. The minimum Gasteiger partial charge on any atom is -0.312 e. The first-order chi connectivity index (χ1) is 17.2. The predicted octanol–water partition coefficient (Wildman–Crippen LogP) is 5.09. The highest BCUT2D eigenvalue weighted by atomic mass is 35.5. The van der Waals surface area contributed by atoms with Gasteiger partial charge in [0.15, 0.2) is 0 Å². The molecule has 7 nitrogen and oxygen atoms in total. The van der Waals surface area contributed by atoms with Crippen LogP contribution in [0.25, 0.3) is 22.3 Å². The Labute approximate surface area is 216 Å². The number of piperidine rings is 1. The molecule has 188 valence electrons. The highest BCUT2D eigenvalue weighted by Gasteiger charge is 2.17. The van der Waals surface area contributed by atoms with Gasteiger partial charge in [-0.3, -0.25) is 18.8 Å². The number of nitrogens with zero attached hydrogens (tertiary/aromatic N) is 5. The van der Waals surface area contributed by atoms with Gasteiger partial charge in [-0.15, -0.1) is 0 Å². The average molecular weight is 505 g/mol. The van der Waals surface area contributed by atoms with Crippen LogP contribution in [-0.4, -0.2) is 44.8 Å². The maximum Gasteiger partial charge on any atom is 0.337 e. The zero-order chi connectivity index (χ0) is 26.0. The molecule has 0 bridgehead atoms. The second-order valence-electron chi connectivity index (χ2n) is 9.21. The molecule has 0 saturated carbocycles. The lowest BCUT2D eigenvalue weighted by Gasteiger charge is -2.20. The van der Waals surface area contributed by atoms with Crippen LogP contribution in [0, 0.1) is 20.8 Å². The summed E-state index contributed by atoms with van der Waals surface area (Å²) in [6, 6.07) is 10.1. The number of fused-ring (bicyclic) bond motifs is 1. The number of allylic oxidation sites excluding steroid dienone is 1. The Morgan fingerprint density at radius 2 is 1.83 bits per heavy atom. The summed E-state index contributed by atoms with van der Waals surface area (Å²) in [6.07, 6.45) is 6.32. The van der Waals surface area contributed by atoms with Crippen LogP contribution in [0.5, 0.6) is 0 Å². The van der Waals surface area contributed by atoms with Crippen LogP contribution >= 0.6 is 11.6 Å². The van der Waals surface area contributed by atoms with Crippen LogP contribution in [0.1, 0.15) is 30.0 Å². The van der Waals surface area contributed by atoms with Gasteiger partial charge >= 0.3 is 5.69 Å². The van der Waals surface area contributed by atoms with Gasteiger partial charge in [-0.2, -0.15) is 5.10 Å². The molecule has 4 aromatic rings. The number of aryl methyl sites for hydroxylation is 4. The monoisotopic (exact) mass is 504 g/mol. The molecule has 3 heterocycles. The third-order valence-electron chi connectivity index (χ3n) is 6.62. The van der Waals surface area contributed by atoms with E-state index in [0.717, 1.165) is 58.1 Å². The third kappa shape index (κ3) is 5.08. The van der Waals surface area contributed by atoms with Crippen molar-refractivity contribution in [1.29, 1.82) is 0 Å². The van der Waals surface area contributed by atoms with E-state index in [1.807, 2.05) is 76.3 Å². The Kier molecular flexibility index (Phi) is 7.62. The summed E-state index contributed by atoms with van der Waals surface area (Å²) in [6.45, 7) is 9.77. The van der Waals surface area contributed by atoms with Gasteiger partial charge in [-0.05, 0) is 57.0 Å². The quantitative estimate of drug-likeness (QED) is 0.413. The number of aliphatic imine (C=N–C) groups is 1. The van der Waals surface area contributed by atoms with Crippen LogP contribution in [0.3, 0.4) is 0 Å². The van der Waals surface area contributed by atoms with E-state index in [2.05, 4.69) is 34.5 Å². The van der Waals surface area contributed by atoms with Crippen LogP contribution in [0.15, 0.2) is 64.3 Å². The number of nitrogens with one attached hydrogen (secondary N) is 1. The second kappa shape index (κ2) is 10.7. The van der Waals surface area contributed by atoms with Crippen molar-refractivity contribution in [1.82, 2.24) is 24.2 Å². The van der Waals surface area contributed by atoms with E-state index in [-0.39, 0.29) is 5.69 Å². The lowest BCUT2D eigenvalue weighted by atomic mass is 10.0. The van der Waals surface area contributed by atoms with Crippen LogP contribution in [-0.2, 0) is 7.05 Å². The topological polar surface area (TPSA) is 69.1 Å². The molecule has 2 aromatic heterocycles. The van der Waals surface area contributed by atoms with E-state index in [4.69, 9.17) is 11.6 Å². The lowest BCUT2D eigenvalue weighted by Crippen LogP contribution is -2.33. The molecule has 0 aliphatic carbocycles. The molecule has 36 heavy (non-hydrogen) atoms. The Morgan fingerprint density at radius 3 is 2.53 bits per heavy atom. The van der Waals surface area contributed by atoms with Gasteiger partial charge in [0.2, 0.25) is 0 Å². The van der Waals surface area contributed by atoms with E-state index in [1.54, 1.807) is 9.13 Å². The summed E-state index contributed by atoms with van der Waals surface area (Å²) in [5, 5.41) is 9.53. The molecule has 8 heteroatoms. The first-order valence-electron chi connectivity index (χ1n) is 12.0. The SMILES string of the molecule is CN=C1CCNC/C1=C(/C)n1ccn(-c2ccc3c(cnn3C)c2)c1=O.Cc1cc(C)c(Cl)c(C)c1. The summed E-state index contributed by atoms with van der Waals surface area (Å²) in [5.74, 6) is 0. The maximum atomic E-state index is 13.0. The first-order valence-corrected chi connectivity index (χ1v) is 12.4. The molecule has 1 aliphatic rings. The minimum absolute atomic E-state index is 0.0840. The Bertz CT molecular complexity index is 1510. The molecule has 1 saturated heterocycles. The molecule has 0 amide bonds. The van der Waals surface area contributed by atoms with Crippen molar-refractivity contribution in [2.24, 2.45) is 12.0 Å². The standard InChI is InChI=1S/C19H22N6O.C9H11Cl/c1-13(16-12-21-7-6-17(16)20-2)24-8-9-25(19(24)26)15-4-5-18-14(10-15)11-22-23(18)3;1-6-4-7(2)9(10)8(3)5-6/h4-5,8-11,21H,6-7,12H2,1-3H3;4-5H,1-3H3/b16-13+,20-17?;. The zero-order valence-electron chi connectivity index (χ0n) is 21.8. The summed E-state index contributed by atoms with van der Waals surface area (Å²) in [4.78, 5) is 17.4. The van der Waals surface area contributed by atoms with E-state index >= 15 is 0 Å². The normalized spacial score (nSPS) is 16.2. The molecule has 0 spiro atoms. The highest BCUT2D eigenvalue weighted by Crippen LogP contribution is 2.21. The summed E-state index contributed by atoms with van der Waals surface area (Å²) in [7, 11) is 3.72. The van der Waals surface area contributed by atoms with Gasteiger partial charge < -0.3 is 5.32 Å². The number of hydrogen-bond donors (Lipinski definition) is 1. The minimum atomic E-state index is -0.0840. The van der Waals surface area contributed by atoms with Crippen molar-refractivity contribution in [3.05, 3.63) is 86.7 Å². The molecule has 0 unspecified atom stereocenters. The van der Waals surface area contributed by atoms with Gasteiger partial charge in [0.1, 0.15) is 0 Å². The van der Waals surface area contributed by atoms with E-state index in [1.165, 1.54) is 16.7 Å². The van der Waals surface area contributed by atoms with Crippen molar-refractivity contribution in [3.8, 4) is 5.69 Å². The summed E-state index contributed by atoms with van der Waals surface area (Å²) in [5.41, 5.74) is 8.48. The number of aromatic nitrogens is 4. The number of rotatable bonds is 2. The predicted molar refractivity (Wildman–Crippen MR) is 150 cm³/mol. The van der Waals surface area contributed by atoms with Crippen LogP contribution in [0.4, 0.5) is 0 Å². The largest absolute Gasteiger partial charge is 0.337 e. The third-order valence-corrected chi connectivity index (χ3v) is 7.22. The number of halogens is 1. The fourth-order valence-corrected chi connectivity index (χ4v) is 4.80. The molecular weight excluding hydrogens is 472 g/mol. The van der Waals surface area contributed by atoms with Crippen molar-refractivity contribution < 1.29 is 0 Å². The molecule has 2 aromatic carbocycles. The van der Waals surface area contributed by atoms with E-state index < -0.39 is 0 Å². The van der Waals surface area contributed by atoms with Gasteiger partial charge in [0.05, 0.1) is 17.4 Å². The molecular formula is C28H33ClN6O. The number of benzene rings is 2. The first kappa shape index (κ1) is 25.7. The van der Waals surface area contributed by atoms with Gasteiger partial charge in [-0.1, -0.05) is 29.3 Å². The Hall–Kier alpha value is -3.42. The second-order valence-corrected chi connectivity index (χ2v) is 9.58. The summed E-state index contributed by atoms with van der Waals surface area (Å²) >= 11 is 5.95. The summed E-state index contributed by atoms with van der Waals surface area (Å²) < 4.78 is 5.18. The van der Waals surface area contributed by atoms with Gasteiger partial charge in [-0.25, -0.2) is 4.79 Å². The Balaban J connectivity index is 0.000000256. The van der Waals surface area contributed by atoms with E-state index in [9.17, 15) is 4.79 Å². The van der Waals surface area contributed by atoms with Crippen molar-refractivity contribution in [2.75, 3.05) is 20.1 Å². The van der Waals surface area contributed by atoms with Crippen LogP contribution in [0.2, 0.25) is 5.02 Å². The Morgan fingerprint density at radius 1 is 1.11 bits per heavy atom. The van der Waals surface area contributed by atoms with Crippen molar-refractivity contribution >= 4 is 33.9 Å². The molecule has 1 fully saturated rings. The zero-order valence-corrected chi connectivity index (χ0v) is 22.5. The fraction of sp³-hybridized carbons (Fsp3) is 0.321. The number of hydrogen-bond acceptors (Lipinski definition) is 4. The van der Waals surface area contributed by atoms with Gasteiger partial charge in [0, 0.05) is 73.4 Å². The van der Waals surface area contributed by atoms with Crippen LogP contribution < -0.4 is 11.0 Å². The molecule has 1 aliphatic heterocycles. The molecule has 1 N–H and O–H groups in total. The molecule has 0 radical (unpaired) electrons.